The summed E-state index contributed by atoms with van der Waals surface area (Å²) >= 11 is 0. The molecule has 2 N–H and O–H groups in total. The zero-order valence-corrected chi connectivity index (χ0v) is 13.9. The Kier molecular flexibility index (Phi) is 6.17. The maximum Gasteiger partial charge on any atom is 0.260 e. The molecule has 0 saturated carbocycles. The second-order valence-electron chi connectivity index (χ2n) is 5.70. The maximum absolute atomic E-state index is 13.5. The van der Waals surface area contributed by atoms with Gasteiger partial charge in [-0.3, -0.25) is 4.79 Å². The van der Waals surface area contributed by atoms with Gasteiger partial charge in [0.05, 0.1) is 0 Å². The van der Waals surface area contributed by atoms with E-state index in [2.05, 4.69) is 0 Å². The van der Waals surface area contributed by atoms with E-state index >= 15 is 0 Å². The minimum absolute atomic E-state index is 0. The molecule has 0 aromatic heterocycles. The average molecular weight is 351 g/mol. The second-order valence-corrected chi connectivity index (χ2v) is 5.70. The Hall–Kier alpha value is -2.11. The number of halogens is 2. The Labute approximate surface area is 146 Å². The summed E-state index contributed by atoms with van der Waals surface area (Å²) < 4.78 is 18.8. The van der Waals surface area contributed by atoms with Crippen LogP contribution in [0.1, 0.15) is 11.5 Å². The van der Waals surface area contributed by atoms with Gasteiger partial charge in [0, 0.05) is 25.0 Å². The van der Waals surface area contributed by atoms with E-state index in [1.54, 1.807) is 17.0 Å². The lowest BCUT2D eigenvalue weighted by Crippen LogP contribution is -2.35. The number of nitrogens with zero attached hydrogens (tertiary/aromatic N) is 1. The third kappa shape index (κ3) is 4.04. The molecule has 0 unspecified atom stereocenters. The van der Waals surface area contributed by atoms with E-state index in [0.29, 0.717) is 13.1 Å². The first-order valence-corrected chi connectivity index (χ1v) is 7.61. The summed E-state index contributed by atoms with van der Waals surface area (Å²) in [6, 6.07) is 15.9. The predicted octanol–water partition coefficient (Wildman–Crippen LogP) is 2.58. The highest BCUT2D eigenvalue weighted by molar-refractivity contribution is 5.85. The number of hydrogen-bond acceptors (Lipinski definition) is 3. The summed E-state index contributed by atoms with van der Waals surface area (Å²) in [5, 5.41) is 0. The number of carbonyl (C=O) groups excluding carboxylic acids is 1. The van der Waals surface area contributed by atoms with Crippen molar-refractivity contribution in [3.05, 3.63) is 66.0 Å². The minimum Gasteiger partial charge on any atom is -0.481 e. The number of ether oxygens (including phenoxy) is 1. The molecule has 0 bridgehead atoms. The molecule has 0 aliphatic carbocycles. The molecule has 0 spiro atoms. The largest absolute Gasteiger partial charge is 0.481 e. The fraction of sp³-hybridized carbons (Fsp3) is 0.278. The maximum atomic E-state index is 13.5. The Bertz CT molecular complexity index is 684. The molecular weight excluding hydrogens is 331 g/mol. The molecule has 2 aromatic rings. The zero-order chi connectivity index (χ0) is 16.2. The molecule has 1 heterocycles. The first-order chi connectivity index (χ1) is 11.1. The Morgan fingerprint density at radius 2 is 1.79 bits per heavy atom. The molecule has 2 aromatic carbocycles. The third-order valence-electron chi connectivity index (χ3n) is 4.13. The van der Waals surface area contributed by atoms with Gasteiger partial charge >= 0.3 is 0 Å². The Balaban J connectivity index is 0.00000208. The Morgan fingerprint density at radius 1 is 1.12 bits per heavy atom. The molecule has 24 heavy (non-hydrogen) atoms. The lowest BCUT2D eigenvalue weighted by atomic mass is 9.95. The van der Waals surface area contributed by atoms with Gasteiger partial charge in [0.25, 0.3) is 5.91 Å². The summed E-state index contributed by atoms with van der Waals surface area (Å²) in [5.74, 6) is -0.444. The number of nitrogens with two attached hydrogens (primary N) is 1. The smallest absolute Gasteiger partial charge is 0.260 e. The Morgan fingerprint density at radius 3 is 2.50 bits per heavy atom. The number of para-hydroxylation sites is 1. The molecule has 6 heteroatoms. The molecule has 0 radical (unpaired) electrons. The van der Waals surface area contributed by atoms with Crippen molar-refractivity contribution in [3.8, 4) is 5.75 Å². The monoisotopic (exact) mass is 350 g/mol. The van der Waals surface area contributed by atoms with Crippen LogP contribution in [0.25, 0.3) is 0 Å². The molecule has 128 valence electrons. The van der Waals surface area contributed by atoms with E-state index in [4.69, 9.17) is 10.5 Å². The summed E-state index contributed by atoms with van der Waals surface area (Å²) in [7, 11) is 0. The van der Waals surface area contributed by atoms with E-state index in [1.165, 1.54) is 12.1 Å². The van der Waals surface area contributed by atoms with Crippen molar-refractivity contribution >= 4 is 18.3 Å². The quantitative estimate of drug-likeness (QED) is 0.922. The van der Waals surface area contributed by atoms with Crippen molar-refractivity contribution in [1.29, 1.82) is 0 Å². The van der Waals surface area contributed by atoms with Crippen LogP contribution < -0.4 is 10.5 Å². The standard InChI is InChI=1S/C18H19FN2O2.ClH/c19-15-8-4-5-9-17(15)23-12-18(22)21-10-14(16(20)11-21)13-6-2-1-3-7-13;/h1-9,14,16H,10-12,20H2;1H/t14-,16+;/m0./s1. The van der Waals surface area contributed by atoms with Crippen molar-refractivity contribution in [2.45, 2.75) is 12.0 Å². The van der Waals surface area contributed by atoms with Crippen LogP contribution >= 0.6 is 12.4 Å². The average Bonchev–Trinajstić information content (AvgIpc) is 2.96. The molecule has 4 nitrogen and oxygen atoms in total. The molecule has 2 atom stereocenters. The van der Waals surface area contributed by atoms with Gasteiger partial charge < -0.3 is 15.4 Å². The zero-order valence-electron chi connectivity index (χ0n) is 13.1. The summed E-state index contributed by atoms with van der Waals surface area (Å²) in [5.41, 5.74) is 7.31. The second kappa shape index (κ2) is 8.13. The van der Waals surface area contributed by atoms with E-state index in [0.717, 1.165) is 5.56 Å². The van der Waals surface area contributed by atoms with Crippen LogP contribution in [0.4, 0.5) is 4.39 Å². The first kappa shape index (κ1) is 18.2. The fourth-order valence-electron chi connectivity index (χ4n) is 2.88. The van der Waals surface area contributed by atoms with Gasteiger partial charge in [0.1, 0.15) is 0 Å². The molecule has 1 aliphatic rings. The van der Waals surface area contributed by atoms with Crippen LogP contribution in [0.3, 0.4) is 0 Å². The predicted molar refractivity (Wildman–Crippen MR) is 92.9 cm³/mol. The molecule has 3 rings (SSSR count). The highest BCUT2D eigenvalue weighted by Crippen LogP contribution is 2.26. The minimum atomic E-state index is -0.472. The van der Waals surface area contributed by atoms with E-state index in [-0.39, 0.29) is 42.6 Å². The normalized spacial score (nSPS) is 19.7. The lowest BCUT2D eigenvalue weighted by Gasteiger charge is -2.17. The number of carbonyl (C=O) groups is 1. The summed E-state index contributed by atoms with van der Waals surface area (Å²) in [6.07, 6.45) is 0. The van der Waals surface area contributed by atoms with Crippen molar-refractivity contribution in [1.82, 2.24) is 4.90 Å². The molecule has 1 fully saturated rings. The molecule has 1 amide bonds. The van der Waals surface area contributed by atoms with Crippen LogP contribution in [-0.2, 0) is 4.79 Å². The number of amides is 1. The van der Waals surface area contributed by atoms with Crippen molar-refractivity contribution in [2.24, 2.45) is 5.73 Å². The van der Waals surface area contributed by atoms with Crippen LogP contribution in [-0.4, -0.2) is 36.5 Å². The molecule has 1 saturated heterocycles. The van der Waals surface area contributed by atoms with Gasteiger partial charge in [0.15, 0.2) is 18.2 Å². The first-order valence-electron chi connectivity index (χ1n) is 7.61. The number of likely N-dealkylation sites (tertiary alicyclic amines) is 1. The van der Waals surface area contributed by atoms with E-state index in [1.807, 2.05) is 30.3 Å². The topological polar surface area (TPSA) is 55.6 Å². The lowest BCUT2D eigenvalue weighted by molar-refractivity contribution is -0.132. The van der Waals surface area contributed by atoms with Gasteiger partial charge in [-0.25, -0.2) is 4.39 Å². The molecular formula is C18H20ClFN2O2. The SMILES string of the molecule is Cl.N[C@@H]1CN(C(=O)COc2ccccc2F)C[C@H]1c1ccccc1. The molecule has 1 aliphatic heterocycles. The highest BCUT2D eigenvalue weighted by atomic mass is 35.5. The van der Waals surface area contributed by atoms with Gasteiger partial charge in [-0.05, 0) is 17.7 Å². The van der Waals surface area contributed by atoms with Gasteiger partial charge in [-0.2, -0.15) is 0 Å². The number of rotatable bonds is 4. The van der Waals surface area contributed by atoms with Crippen molar-refractivity contribution < 1.29 is 13.9 Å². The number of benzene rings is 2. The van der Waals surface area contributed by atoms with E-state index < -0.39 is 5.82 Å². The van der Waals surface area contributed by atoms with Crippen LogP contribution in [0.5, 0.6) is 5.75 Å². The number of hydrogen-bond donors (Lipinski definition) is 1. The van der Waals surface area contributed by atoms with Gasteiger partial charge in [-0.1, -0.05) is 42.5 Å². The van der Waals surface area contributed by atoms with Crippen molar-refractivity contribution in [2.75, 3.05) is 19.7 Å². The van der Waals surface area contributed by atoms with E-state index in [9.17, 15) is 9.18 Å². The highest BCUT2D eigenvalue weighted by Gasteiger charge is 2.33. The van der Waals surface area contributed by atoms with Crippen LogP contribution in [0, 0.1) is 5.82 Å². The van der Waals surface area contributed by atoms with Crippen molar-refractivity contribution in [3.63, 3.8) is 0 Å². The van der Waals surface area contributed by atoms with Gasteiger partial charge in [-0.15, -0.1) is 12.4 Å². The van der Waals surface area contributed by atoms with Crippen LogP contribution in [0.15, 0.2) is 54.6 Å². The summed E-state index contributed by atoms with van der Waals surface area (Å²) in [4.78, 5) is 14.0. The fourth-order valence-corrected chi connectivity index (χ4v) is 2.88. The van der Waals surface area contributed by atoms with Gasteiger partial charge in [0.2, 0.25) is 0 Å². The van der Waals surface area contributed by atoms with Crippen LogP contribution in [0.2, 0.25) is 0 Å². The summed E-state index contributed by atoms with van der Waals surface area (Å²) in [6.45, 7) is 0.860. The third-order valence-corrected chi connectivity index (χ3v) is 4.13.